The lowest BCUT2D eigenvalue weighted by Gasteiger charge is -2.49. The van der Waals surface area contributed by atoms with Gasteiger partial charge < -0.3 is 64.1 Å². The van der Waals surface area contributed by atoms with Gasteiger partial charge in [0.1, 0.15) is 23.9 Å². The second kappa shape index (κ2) is 17.5. The Labute approximate surface area is 309 Å². The molecule has 0 spiro atoms. The van der Waals surface area contributed by atoms with Crippen LogP contribution in [0.3, 0.4) is 0 Å². The Hall–Kier alpha value is -1.50. The molecule has 6 N–H and O–H groups in total. The lowest BCUT2D eigenvalue weighted by atomic mass is 9.73. The van der Waals surface area contributed by atoms with Gasteiger partial charge in [-0.15, -0.1) is 0 Å². The number of rotatable bonds is 7. The number of ether oxygens (including phenoxy) is 6. The fourth-order valence-corrected chi connectivity index (χ4v) is 8.61. The molecule has 3 rings (SSSR count). The van der Waals surface area contributed by atoms with E-state index in [-0.39, 0.29) is 37.1 Å². The molecule has 3 saturated heterocycles. The lowest BCUT2D eigenvalue weighted by molar-refractivity contribution is -0.317. The number of aliphatic hydroxyl groups is 5. The van der Waals surface area contributed by atoms with Gasteiger partial charge in [0.25, 0.3) is 0 Å². The van der Waals surface area contributed by atoms with Crippen LogP contribution >= 0.6 is 0 Å². The van der Waals surface area contributed by atoms with Crippen LogP contribution in [0.25, 0.3) is 0 Å². The number of nitrogens with zero attached hydrogens (tertiary/aromatic N) is 2. The highest BCUT2D eigenvalue weighted by molar-refractivity contribution is 5.88. The van der Waals surface area contributed by atoms with Gasteiger partial charge in [0.15, 0.2) is 12.6 Å². The summed E-state index contributed by atoms with van der Waals surface area (Å²) < 4.78 is 37.2. The molecular weight excluding hydrogens is 680 g/mol. The number of oxime groups is 1. The summed E-state index contributed by atoms with van der Waals surface area (Å²) in [6.45, 7) is 16.6. The van der Waals surface area contributed by atoms with Crippen LogP contribution in [-0.2, 0) is 33.2 Å². The quantitative estimate of drug-likeness (QED) is 0.125. The van der Waals surface area contributed by atoms with E-state index in [9.17, 15) is 35.5 Å². The average Bonchev–Trinajstić information content (AvgIpc) is 3.06. The van der Waals surface area contributed by atoms with Crippen LogP contribution in [-0.4, -0.2) is 153 Å². The Bertz CT molecular complexity index is 1200. The molecule has 0 aliphatic carbocycles. The molecular formula is C37H68N2O13. The van der Waals surface area contributed by atoms with Crippen molar-refractivity contribution in [3.63, 3.8) is 0 Å². The van der Waals surface area contributed by atoms with Gasteiger partial charge in [0.05, 0.1) is 53.4 Å². The summed E-state index contributed by atoms with van der Waals surface area (Å²) in [6, 6.07) is -0.322. The van der Waals surface area contributed by atoms with Crippen molar-refractivity contribution in [1.29, 1.82) is 0 Å². The van der Waals surface area contributed by atoms with E-state index in [1.165, 1.54) is 14.0 Å². The molecule has 0 amide bonds. The van der Waals surface area contributed by atoms with Gasteiger partial charge in [0.2, 0.25) is 0 Å². The third-order valence-corrected chi connectivity index (χ3v) is 12.0. The van der Waals surface area contributed by atoms with E-state index in [2.05, 4.69) is 5.16 Å². The monoisotopic (exact) mass is 748 g/mol. The summed E-state index contributed by atoms with van der Waals surface area (Å²) in [5.74, 6) is -4.24. The zero-order chi connectivity index (χ0) is 39.7. The molecule has 15 heteroatoms. The van der Waals surface area contributed by atoms with Crippen molar-refractivity contribution in [3.05, 3.63) is 0 Å². The Morgan fingerprint density at radius 3 is 2.08 bits per heavy atom. The maximum absolute atomic E-state index is 14.1. The van der Waals surface area contributed by atoms with Gasteiger partial charge in [-0.2, -0.15) is 0 Å². The van der Waals surface area contributed by atoms with Crippen LogP contribution in [0, 0.1) is 23.7 Å². The van der Waals surface area contributed by atoms with E-state index in [4.69, 9.17) is 28.4 Å². The maximum Gasteiger partial charge on any atom is 0.311 e. The zero-order valence-corrected chi connectivity index (χ0v) is 33.4. The highest BCUT2D eigenvalue weighted by Gasteiger charge is 2.53. The molecule has 3 aliphatic rings. The number of aliphatic hydroxyl groups excluding tert-OH is 3. The first-order valence-corrected chi connectivity index (χ1v) is 18.7. The predicted octanol–water partition coefficient (Wildman–Crippen LogP) is 2.05. The van der Waals surface area contributed by atoms with E-state index in [0.29, 0.717) is 6.42 Å². The fraction of sp³-hybridized carbons (Fsp3) is 0.946. The first kappa shape index (κ1) is 44.9. The first-order chi connectivity index (χ1) is 24.0. The first-order valence-electron chi connectivity index (χ1n) is 18.7. The minimum atomic E-state index is -1.97. The smallest absolute Gasteiger partial charge is 0.311 e. The summed E-state index contributed by atoms with van der Waals surface area (Å²) in [5.41, 5.74) is -4.68. The number of hydrogen-bond acceptors (Lipinski definition) is 15. The molecule has 15 nitrogen and oxygen atoms in total. The Morgan fingerprint density at radius 2 is 1.54 bits per heavy atom. The third kappa shape index (κ3) is 9.47. The molecule has 3 heterocycles. The van der Waals surface area contributed by atoms with Gasteiger partial charge in [-0.25, -0.2) is 0 Å². The van der Waals surface area contributed by atoms with Crippen molar-refractivity contribution in [2.45, 2.75) is 179 Å². The summed E-state index contributed by atoms with van der Waals surface area (Å²) in [6.07, 6.45) is -9.51. The maximum atomic E-state index is 14.1. The van der Waals surface area contributed by atoms with E-state index in [1.807, 2.05) is 25.9 Å². The van der Waals surface area contributed by atoms with E-state index < -0.39 is 102 Å². The summed E-state index contributed by atoms with van der Waals surface area (Å²) in [7, 11) is 5.19. The van der Waals surface area contributed by atoms with Gasteiger partial charge in [0, 0.05) is 37.3 Å². The van der Waals surface area contributed by atoms with Crippen LogP contribution < -0.4 is 0 Å². The zero-order valence-electron chi connectivity index (χ0n) is 33.4. The average molecular weight is 749 g/mol. The standard InChI is InChI=1S/C37H68N2O13/c1-14-25-37(10,45)30(41)20(4)27(38-46)18(2)16-35(8,44)32(52-34-28(40)24(39(11)12)15-19(3)48-34)21(5)29(22(6)33(43)50-25)51-26-17-36(9,47-13)31(42)23(7)49-26/h18-26,28-32,34,40-42,44-46H,14-17H2,1-13H3/b38-27+/t18?,19?,20?,21?,22?,23?,24?,25-,26?,28?,29?,30?,31?,32?,34?,35?,36?,37?/m1/s1. The molecule has 0 bridgehead atoms. The molecule has 3 fully saturated rings. The number of esters is 1. The summed E-state index contributed by atoms with van der Waals surface area (Å²) in [5, 5.41) is 71.8. The van der Waals surface area contributed by atoms with Crippen LogP contribution in [0.15, 0.2) is 5.16 Å². The largest absolute Gasteiger partial charge is 0.459 e. The Balaban J connectivity index is 2.21. The van der Waals surface area contributed by atoms with Crippen molar-refractivity contribution in [1.82, 2.24) is 4.90 Å². The highest BCUT2D eigenvalue weighted by atomic mass is 16.7. The number of hydrogen-bond donors (Lipinski definition) is 6. The highest BCUT2D eigenvalue weighted by Crippen LogP contribution is 2.41. The topological polar surface area (TPSA) is 209 Å². The van der Waals surface area contributed by atoms with E-state index in [1.54, 1.807) is 55.4 Å². The van der Waals surface area contributed by atoms with Crippen LogP contribution in [0.2, 0.25) is 0 Å². The van der Waals surface area contributed by atoms with Gasteiger partial charge >= 0.3 is 5.97 Å². The van der Waals surface area contributed by atoms with Crippen LogP contribution in [0.1, 0.15) is 94.9 Å². The normalized spacial score (nSPS) is 49.8. The van der Waals surface area contributed by atoms with Gasteiger partial charge in [-0.3, -0.25) is 4.79 Å². The molecule has 3 aliphatic heterocycles. The Morgan fingerprint density at radius 1 is 0.923 bits per heavy atom. The number of cyclic esters (lactones) is 1. The second-order valence-corrected chi connectivity index (χ2v) is 16.6. The van der Waals surface area contributed by atoms with Gasteiger partial charge in [-0.1, -0.05) is 32.9 Å². The minimum Gasteiger partial charge on any atom is -0.459 e. The van der Waals surface area contributed by atoms with Gasteiger partial charge in [-0.05, 0) is 74.9 Å². The lowest BCUT2D eigenvalue weighted by Crippen LogP contribution is -2.61. The molecule has 52 heavy (non-hydrogen) atoms. The second-order valence-electron chi connectivity index (χ2n) is 16.6. The van der Waals surface area contributed by atoms with Crippen molar-refractivity contribution in [2.75, 3.05) is 21.2 Å². The molecule has 0 aromatic carbocycles. The molecule has 18 atom stereocenters. The van der Waals surface area contributed by atoms with Crippen LogP contribution in [0.4, 0.5) is 0 Å². The molecule has 0 aromatic rings. The van der Waals surface area contributed by atoms with Crippen LogP contribution in [0.5, 0.6) is 0 Å². The predicted molar refractivity (Wildman–Crippen MR) is 190 cm³/mol. The van der Waals surface area contributed by atoms with Crippen molar-refractivity contribution >= 4 is 11.7 Å². The molecule has 0 saturated carbocycles. The fourth-order valence-electron chi connectivity index (χ4n) is 8.61. The third-order valence-electron chi connectivity index (χ3n) is 12.0. The van der Waals surface area contributed by atoms with E-state index in [0.717, 1.165) is 0 Å². The van der Waals surface area contributed by atoms with Crippen molar-refractivity contribution < 1.29 is 64.0 Å². The Kier molecular flexibility index (Phi) is 15.1. The SMILES string of the molecule is CC[C@H]1OC(=O)C(C)C(OC2CC(C)(OC)C(O)C(C)O2)C(C)C(OC2OC(C)CC(N(C)C)C2O)C(C)(O)CC(C)/C(=N\O)C(C)C(O)C1(C)O. The number of methoxy groups -OCH3 is 1. The summed E-state index contributed by atoms with van der Waals surface area (Å²) in [4.78, 5) is 16.0. The van der Waals surface area contributed by atoms with Crippen molar-refractivity contribution in [2.24, 2.45) is 28.8 Å². The number of carbonyl (C=O) groups is 1. The number of likely N-dealkylation sites (N-methyl/N-ethyl adjacent to an activating group) is 1. The van der Waals surface area contributed by atoms with Crippen molar-refractivity contribution in [3.8, 4) is 0 Å². The molecule has 304 valence electrons. The number of carbonyl (C=O) groups excluding carboxylic acids is 1. The van der Waals surface area contributed by atoms with E-state index >= 15 is 0 Å². The molecule has 17 unspecified atom stereocenters. The molecule has 0 radical (unpaired) electrons. The summed E-state index contributed by atoms with van der Waals surface area (Å²) >= 11 is 0. The molecule has 0 aromatic heterocycles. The minimum absolute atomic E-state index is 0.0657.